The van der Waals surface area contributed by atoms with E-state index >= 15 is 0 Å². The van der Waals surface area contributed by atoms with Gasteiger partial charge in [-0.1, -0.05) is 48.0 Å². The number of morpholine rings is 1. The van der Waals surface area contributed by atoms with Gasteiger partial charge in [0.1, 0.15) is 0 Å². The van der Waals surface area contributed by atoms with Crippen molar-refractivity contribution < 1.29 is 9.53 Å². The number of fused-ring (bicyclic) bond motifs is 4. The molecule has 0 radical (unpaired) electrons. The van der Waals surface area contributed by atoms with E-state index in [1.54, 1.807) is 7.05 Å². The first-order chi connectivity index (χ1) is 18.6. The predicted molar refractivity (Wildman–Crippen MR) is 150 cm³/mol. The van der Waals surface area contributed by atoms with Crippen LogP contribution in [0.4, 0.5) is 0 Å². The molecule has 2 aliphatic heterocycles. The third kappa shape index (κ3) is 4.72. The fraction of sp³-hybridized carbons (Fsp3) is 0.387. The lowest BCUT2D eigenvalue weighted by Crippen LogP contribution is -2.66. The Hall–Kier alpha value is -3.55. The highest BCUT2D eigenvalue weighted by atomic mass is 16.5. The highest BCUT2D eigenvalue weighted by Gasteiger charge is 2.45. The first-order valence-electron chi connectivity index (χ1n) is 13.6. The number of aromatic nitrogens is 3. The lowest BCUT2D eigenvalue weighted by molar-refractivity contribution is -0.148. The summed E-state index contributed by atoms with van der Waals surface area (Å²) in [4.78, 5) is 16.5. The molecule has 38 heavy (non-hydrogen) atoms. The molecule has 4 heterocycles. The van der Waals surface area contributed by atoms with Gasteiger partial charge in [0, 0.05) is 47.9 Å². The van der Waals surface area contributed by atoms with Crippen molar-refractivity contribution in [3.63, 3.8) is 0 Å². The van der Waals surface area contributed by atoms with Crippen molar-refractivity contribution in [2.24, 2.45) is 0 Å². The Balaban J connectivity index is 0.000000620. The van der Waals surface area contributed by atoms with Crippen molar-refractivity contribution in [1.29, 1.82) is 0 Å². The van der Waals surface area contributed by atoms with Crippen LogP contribution in [-0.4, -0.2) is 64.9 Å². The topological polar surface area (TPSA) is 83.1 Å². The molecule has 3 aliphatic rings. The molecule has 2 bridgehead atoms. The number of carbonyl (C=O) groups excluding carboxylic acids is 1. The summed E-state index contributed by atoms with van der Waals surface area (Å²) < 4.78 is 5.72. The summed E-state index contributed by atoms with van der Waals surface area (Å²) in [5.74, 6) is 0. The molecule has 196 valence electrons. The van der Waals surface area contributed by atoms with Crippen molar-refractivity contribution in [2.75, 3.05) is 20.3 Å². The molecule has 3 atom stereocenters. The van der Waals surface area contributed by atoms with Gasteiger partial charge in [-0.25, -0.2) is 4.98 Å². The summed E-state index contributed by atoms with van der Waals surface area (Å²) in [7, 11) is 1.56. The van der Waals surface area contributed by atoms with Gasteiger partial charge in [-0.05, 0) is 61.8 Å². The lowest BCUT2D eigenvalue weighted by Gasteiger charge is -2.56. The maximum absolute atomic E-state index is 9.06. The number of amides is 1. The average molecular weight is 510 g/mol. The molecule has 2 fully saturated rings. The molecule has 4 aromatic rings. The van der Waals surface area contributed by atoms with Crippen LogP contribution in [0.25, 0.3) is 33.4 Å². The Bertz CT molecular complexity index is 1420. The Kier molecular flexibility index (Phi) is 6.96. The minimum absolute atomic E-state index is 0.625. The van der Waals surface area contributed by atoms with Gasteiger partial charge in [0.2, 0.25) is 6.41 Å². The van der Waals surface area contributed by atoms with E-state index in [1.807, 2.05) is 6.20 Å². The van der Waals surface area contributed by atoms with Crippen molar-refractivity contribution in [1.82, 2.24) is 25.4 Å². The number of rotatable bonds is 4. The van der Waals surface area contributed by atoms with E-state index < -0.39 is 0 Å². The van der Waals surface area contributed by atoms with Gasteiger partial charge in [-0.15, -0.1) is 0 Å². The molecule has 2 N–H and O–H groups in total. The molecule has 2 aromatic heterocycles. The number of nitrogens with one attached hydrogen (secondary N) is 2. The second kappa shape index (κ2) is 10.7. The van der Waals surface area contributed by atoms with Crippen LogP contribution < -0.4 is 5.32 Å². The SMILES string of the molecule is CNC=O.Cc1ccc(-c2[nH]nc3ncc(-c4ccc5c(c4)CCC(N4C6COCC4C6)CC5)cc23)cc1. The molecule has 7 rings (SSSR count). The number of nitrogens with zero attached hydrogens (tertiary/aromatic N) is 3. The van der Waals surface area contributed by atoms with Gasteiger partial charge in [-0.2, -0.15) is 5.10 Å². The van der Waals surface area contributed by atoms with E-state index in [4.69, 9.17) is 9.53 Å². The van der Waals surface area contributed by atoms with Crippen molar-refractivity contribution in [3.05, 3.63) is 71.4 Å². The molecular weight excluding hydrogens is 474 g/mol. The second-order valence-electron chi connectivity index (χ2n) is 10.7. The number of ether oxygens (including phenoxy) is 1. The van der Waals surface area contributed by atoms with E-state index in [1.165, 1.54) is 47.9 Å². The number of H-pyrrole nitrogens is 1. The smallest absolute Gasteiger partial charge is 0.206 e. The van der Waals surface area contributed by atoms with Crippen LogP contribution in [-0.2, 0) is 22.4 Å². The minimum atomic E-state index is 0.625. The van der Waals surface area contributed by atoms with Crippen LogP contribution in [0.5, 0.6) is 0 Å². The van der Waals surface area contributed by atoms with Crippen LogP contribution in [0.1, 0.15) is 36.0 Å². The van der Waals surface area contributed by atoms with Crippen molar-refractivity contribution >= 4 is 17.4 Å². The zero-order chi connectivity index (χ0) is 26.1. The van der Waals surface area contributed by atoms with Crippen molar-refractivity contribution in [2.45, 2.75) is 57.2 Å². The predicted octanol–water partition coefficient (Wildman–Crippen LogP) is 4.68. The quantitative estimate of drug-likeness (QED) is 0.308. The number of hydrogen-bond acceptors (Lipinski definition) is 5. The van der Waals surface area contributed by atoms with Gasteiger partial charge < -0.3 is 10.1 Å². The number of aromatic amines is 1. The van der Waals surface area contributed by atoms with E-state index in [9.17, 15) is 0 Å². The number of hydrogen-bond donors (Lipinski definition) is 2. The molecule has 0 saturated carbocycles. The minimum Gasteiger partial charge on any atom is -0.378 e. The Morgan fingerprint density at radius 2 is 1.66 bits per heavy atom. The molecule has 2 aromatic carbocycles. The number of pyridine rings is 1. The molecule has 3 unspecified atom stereocenters. The summed E-state index contributed by atoms with van der Waals surface area (Å²) in [6, 6.07) is 19.9. The summed E-state index contributed by atoms with van der Waals surface area (Å²) in [5, 5.41) is 11.0. The average Bonchev–Trinajstić information content (AvgIpc) is 3.28. The number of carbonyl (C=O) groups is 1. The largest absolute Gasteiger partial charge is 0.378 e. The maximum Gasteiger partial charge on any atom is 0.206 e. The summed E-state index contributed by atoms with van der Waals surface area (Å²) in [6.07, 6.45) is 8.77. The highest BCUT2D eigenvalue weighted by Crippen LogP contribution is 2.38. The monoisotopic (exact) mass is 509 g/mol. The third-order valence-electron chi connectivity index (χ3n) is 8.33. The fourth-order valence-electron chi connectivity index (χ4n) is 6.33. The number of benzene rings is 2. The Labute approximate surface area is 223 Å². The zero-order valence-corrected chi connectivity index (χ0v) is 22.1. The van der Waals surface area contributed by atoms with Crippen LogP contribution >= 0.6 is 0 Å². The molecule has 1 aliphatic carbocycles. The van der Waals surface area contributed by atoms with Crippen LogP contribution in [0.2, 0.25) is 0 Å². The standard InChI is InChI=1S/C29H30N4O.C2H5NO/c1-18-2-4-20(5-3-18)28-27-13-23(15-30-29(27)32-31-28)22-7-6-19-8-10-24(11-9-21(19)12-22)33-25-14-26(33)17-34-16-25;1-3-2-4/h2-7,12-13,15,24-26H,8-11,14,16-17H2,1H3,(H,30,31,32);2H,1H3,(H,3,4). The molecule has 7 heteroatoms. The van der Waals surface area contributed by atoms with E-state index in [0.29, 0.717) is 24.5 Å². The maximum atomic E-state index is 9.06. The first kappa shape index (κ1) is 24.8. The van der Waals surface area contributed by atoms with Crippen LogP contribution in [0.3, 0.4) is 0 Å². The lowest BCUT2D eigenvalue weighted by atomic mass is 9.87. The molecule has 2 saturated heterocycles. The van der Waals surface area contributed by atoms with Crippen LogP contribution in [0.15, 0.2) is 54.7 Å². The Morgan fingerprint density at radius 1 is 0.947 bits per heavy atom. The van der Waals surface area contributed by atoms with Gasteiger partial charge >= 0.3 is 0 Å². The van der Waals surface area contributed by atoms with Gasteiger partial charge in [0.25, 0.3) is 0 Å². The normalized spacial score (nSPS) is 22.4. The van der Waals surface area contributed by atoms with E-state index in [0.717, 1.165) is 47.5 Å². The van der Waals surface area contributed by atoms with Crippen molar-refractivity contribution in [3.8, 4) is 22.4 Å². The van der Waals surface area contributed by atoms with Crippen LogP contribution in [0, 0.1) is 6.92 Å². The summed E-state index contributed by atoms with van der Waals surface area (Å²) in [6.45, 7) is 3.97. The molecule has 7 nitrogen and oxygen atoms in total. The van der Waals surface area contributed by atoms with Gasteiger partial charge in [-0.3, -0.25) is 14.8 Å². The second-order valence-corrected chi connectivity index (χ2v) is 10.7. The fourth-order valence-corrected chi connectivity index (χ4v) is 6.33. The van der Waals surface area contributed by atoms with Gasteiger partial charge in [0.15, 0.2) is 5.65 Å². The highest BCUT2D eigenvalue weighted by molar-refractivity contribution is 5.93. The zero-order valence-electron chi connectivity index (χ0n) is 22.1. The van der Waals surface area contributed by atoms with Gasteiger partial charge in [0.05, 0.1) is 18.9 Å². The van der Waals surface area contributed by atoms with E-state index in [2.05, 4.69) is 80.9 Å². The first-order valence-corrected chi connectivity index (χ1v) is 13.6. The third-order valence-corrected chi connectivity index (χ3v) is 8.33. The van der Waals surface area contributed by atoms with E-state index in [-0.39, 0.29) is 0 Å². The molecular formula is C31H35N5O2. The molecule has 0 spiro atoms. The molecule has 1 amide bonds. The summed E-state index contributed by atoms with van der Waals surface area (Å²) in [5.41, 5.74) is 9.62. The number of aryl methyl sites for hydroxylation is 3. The Morgan fingerprint density at radius 3 is 2.37 bits per heavy atom. The summed E-state index contributed by atoms with van der Waals surface area (Å²) >= 11 is 0.